The Morgan fingerprint density at radius 1 is 1.37 bits per heavy atom. The van der Waals surface area contributed by atoms with Gasteiger partial charge < -0.3 is 10.2 Å². The van der Waals surface area contributed by atoms with E-state index >= 15 is 0 Å². The molecule has 1 heterocycles. The Bertz CT molecular complexity index is 291. The minimum atomic E-state index is -4.33. The van der Waals surface area contributed by atoms with Crippen LogP contribution in [0.15, 0.2) is 0 Å². The molecule has 0 aromatic heterocycles. The van der Waals surface area contributed by atoms with E-state index in [1.54, 1.807) is 13.8 Å². The fourth-order valence-electron chi connectivity index (χ4n) is 1.99. The first-order valence-corrected chi connectivity index (χ1v) is 7.53. The van der Waals surface area contributed by atoms with Crippen molar-refractivity contribution in [1.29, 1.82) is 0 Å². The third-order valence-electron chi connectivity index (χ3n) is 3.02. The number of amides is 1. The lowest BCUT2D eigenvalue weighted by molar-refractivity contribution is -0.162. The number of alkyl halides is 3. The Hall–Kier alpha value is -0.430. The molecule has 0 bridgehead atoms. The number of carbonyl (C=O) groups is 1. The molecule has 112 valence electrons. The maximum absolute atomic E-state index is 12.4. The standard InChI is InChI=1S/C12H21F3N2OS/c1-9(2)17(8-12(13,14)15)11(18)7-19-10-3-5-16-6-4-10/h9-10,16H,3-8H2,1-2H3. The summed E-state index contributed by atoms with van der Waals surface area (Å²) in [5, 5.41) is 3.60. The maximum atomic E-state index is 12.4. The zero-order valence-electron chi connectivity index (χ0n) is 11.3. The largest absolute Gasteiger partial charge is 0.406 e. The van der Waals surface area contributed by atoms with Crippen LogP contribution in [0.2, 0.25) is 0 Å². The Morgan fingerprint density at radius 3 is 2.42 bits per heavy atom. The molecule has 0 aromatic carbocycles. The SMILES string of the molecule is CC(C)N(CC(F)(F)F)C(=O)CSC1CCNCC1. The Kier molecular flexibility index (Phi) is 6.46. The molecule has 1 amide bonds. The van der Waals surface area contributed by atoms with E-state index in [0.29, 0.717) is 5.25 Å². The van der Waals surface area contributed by atoms with Gasteiger partial charge in [-0.15, -0.1) is 11.8 Å². The van der Waals surface area contributed by atoms with Crippen LogP contribution in [0.4, 0.5) is 13.2 Å². The Morgan fingerprint density at radius 2 is 1.95 bits per heavy atom. The van der Waals surface area contributed by atoms with Crippen LogP contribution < -0.4 is 5.32 Å². The number of nitrogens with one attached hydrogen (secondary N) is 1. The smallest absolute Gasteiger partial charge is 0.330 e. The first kappa shape index (κ1) is 16.6. The zero-order chi connectivity index (χ0) is 14.5. The summed E-state index contributed by atoms with van der Waals surface area (Å²) in [5.74, 6) is -0.283. The highest BCUT2D eigenvalue weighted by atomic mass is 32.2. The number of thioether (sulfide) groups is 1. The molecule has 0 aromatic rings. The molecular weight excluding hydrogens is 277 g/mol. The van der Waals surface area contributed by atoms with E-state index in [2.05, 4.69) is 5.32 Å². The molecule has 0 aliphatic carbocycles. The second kappa shape index (κ2) is 7.38. The number of hydrogen-bond donors (Lipinski definition) is 1. The summed E-state index contributed by atoms with van der Waals surface area (Å²) in [4.78, 5) is 12.8. The highest BCUT2D eigenvalue weighted by molar-refractivity contribution is 8.00. The molecule has 1 N–H and O–H groups in total. The van der Waals surface area contributed by atoms with Gasteiger partial charge in [-0.25, -0.2) is 0 Å². The van der Waals surface area contributed by atoms with Gasteiger partial charge in [-0.3, -0.25) is 4.79 Å². The highest BCUT2D eigenvalue weighted by Crippen LogP contribution is 2.23. The van der Waals surface area contributed by atoms with Gasteiger partial charge in [0.2, 0.25) is 5.91 Å². The van der Waals surface area contributed by atoms with Crippen LogP contribution in [0.5, 0.6) is 0 Å². The molecule has 0 unspecified atom stereocenters. The van der Waals surface area contributed by atoms with Crippen molar-refractivity contribution in [3.8, 4) is 0 Å². The van der Waals surface area contributed by atoms with E-state index in [-0.39, 0.29) is 5.75 Å². The van der Waals surface area contributed by atoms with Gasteiger partial charge in [0.05, 0.1) is 5.75 Å². The minimum absolute atomic E-state index is 0.138. The van der Waals surface area contributed by atoms with Crippen LogP contribution in [0, 0.1) is 0 Å². The molecule has 0 radical (unpaired) electrons. The molecule has 1 rings (SSSR count). The molecule has 7 heteroatoms. The molecule has 3 nitrogen and oxygen atoms in total. The number of hydrogen-bond acceptors (Lipinski definition) is 3. The Labute approximate surface area is 116 Å². The molecule has 1 aliphatic heterocycles. The van der Waals surface area contributed by atoms with Gasteiger partial charge in [0.15, 0.2) is 0 Å². The normalized spacial score (nSPS) is 17.8. The van der Waals surface area contributed by atoms with Crippen molar-refractivity contribution in [2.45, 2.75) is 44.2 Å². The third kappa shape index (κ3) is 6.51. The van der Waals surface area contributed by atoms with Crippen LogP contribution in [0.3, 0.4) is 0 Å². The second-order valence-electron chi connectivity index (χ2n) is 4.99. The lowest BCUT2D eigenvalue weighted by Gasteiger charge is -2.29. The number of nitrogens with zero attached hydrogens (tertiary/aromatic N) is 1. The fourth-order valence-corrected chi connectivity index (χ4v) is 3.10. The lowest BCUT2D eigenvalue weighted by Crippen LogP contribution is -2.44. The van der Waals surface area contributed by atoms with E-state index in [0.717, 1.165) is 30.8 Å². The topological polar surface area (TPSA) is 32.3 Å². The van der Waals surface area contributed by atoms with Crippen molar-refractivity contribution < 1.29 is 18.0 Å². The molecule has 1 saturated heterocycles. The quantitative estimate of drug-likeness (QED) is 0.845. The van der Waals surface area contributed by atoms with Crippen LogP contribution in [0.1, 0.15) is 26.7 Å². The molecule has 1 aliphatic rings. The summed E-state index contributed by atoms with van der Waals surface area (Å²) < 4.78 is 37.2. The summed E-state index contributed by atoms with van der Waals surface area (Å²) in [6, 6.07) is -0.428. The number of halogens is 3. The highest BCUT2D eigenvalue weighted by Gasteiger charge is 2.34. The summed E-state index contributed by atoms with van der Waals surface area (Å²) in [6.45, 7) is 3.90. The first-order valence-electron chi connectivity index (χ1n) is 6.48. The van der Waals surface area contributed by atoms with Crippen LogP contribution in [-0.4, -0.2) is 53.7 Å². The van der Waals surface area contributed by atoms with Crippen molar-refractivity contribution in [2.75, 3.05) is 25.4 Å². The second-order valence-corrected chi connectivity index (χ2v) is 6.28. The van der Waals surface area contributed by atoms with Crippen molar-refractivity contribution in [2.24, 2.45) is 0 Å². The van der Waals surface area contributed by atoms with E-state index in [9.17, 15) is 18.0 Å². The van der Waals surface area contributed by atoms with Gasteiger partial charge in [0.25, 0.3) is 0 Å². The van der Waals surface area contributed by atoms with Gasteiger partial charge >= 0.3 is 6.18 Å². The van der Waals surface area contributed by atoms with E-state index < -0.39 is 24.7 Å². The monoisotopic (exact) mass is 298 g/mol. The van der Waals surface area contributed by atoms with Crippen molar-refractivity contribution >= 4 is 17.7 Å². The van der Waals surface area contributed by atoms with Crippen molar-refractivity contribution in [1.82, 2.24) is 10.2 Å². The van der Waals surface area contributed by atoms with Gasteiger partial charge in [-0.05, 0) is 39.8 Å². The first-order chi connectivity index (χ1) is 8.79. The summed E-state index contributed by atoms with van der Waals surface area (Å²) in [5.41, 5.74) is 0. The predicted molar refractivity (Wildman–Crippen MR) is 71.3 cm³/mol. The van der Waals surface area contributed by atoms with Gasteiger partial charge in [-0.1, -0.05) is 0 Å². The third-order valence-corrected chi connectivity index (χ3v) is 4.38. The number of rotatable bonds is 5. The van der Waals surface area contributed by atoms with Crippen molar-refractivity contribution in [3.63, 3.8) is 0 Å². The van der Waals surface area contributed by atoms with Crippen LogP contribution in [0.25, 0.3) is 0 Å². The van der Waals surface area contributed by atoms with Gasteiger partial charge in [0.1, 0.15) is 6.54 Å². The number of piperidine rings is 1. The number of carbonyl (C=O) groups excluding carboxylic acids is 1. The summed E-state index contributed by atoms with van der Waals surface area (Å²) >= 11 is 1.48. The summed E-state index contributed by atoms with van der Waals surface area (Å²) in [7, 11) is 0. The molecule has 0 atom stereocenters. The predicted octanol–water partition coefficient (Wildman–Crippen LogP) is 2.27. The van der Waals surface area contributed by atoms with E-state index in [4.69, 9.17) is 0 Å². The minimum Gasteiger partial charge on any atom is -0.330 e. The van der Waals surface area contributed by atoms with E-state index in [1.165, 1.54) is 11.8 Å². The van der Waals surface area contributed by atoms with Gasteiger partial charge in [-0.2, -0.15) is 13.2 Å². The average Bonchev–Trinajstić information content (AvgIpc) is 2.33. The van der Waals surface area contributed by atoms with Crippen LogP contribution >= 0.6 is 11.8 Å². The molecular formula is C12H21F3N2OS. The fraction of sp³-hybridized carbons (Fsp3) is 0.917. The molecule has 0 spiro atoms. The van der Waals surface area contributed by atoms with Crippen molar-refractivity contribution in [3.05, 3.63) is 0 Å². The van der Waals surface area contributed by atoms with E-state index in [1.807, 2.05) is 0 Å². The zero-order valence-corrected chi connectivity index (χ0v) is 12.1. The average molecular weight is 298 g/mol. The Balaban J connectivity index is 2.43. The maximum Gasteiger partial charge on any atom is 0.406 e. The molecule has 19 heavy (non-hydrogen) atoms. The lowest BCUT2D eigenvalue weighted by atomic mass is 10.2. The molecule has 0 saturated carbocycles. The summed E-state index contributed by atoms with van der Waals surface area (Å²) in [6.07, 6.45) is -2.39. The van der Waals surface area contributed by atoms with Crippen LogP contribution in [-0.2, 0) is 4.79 Å². The van der Waals surface area contributed by atoms with Gasteiger partial charge in [0, 0.05) is 11.3 Å². The molecule has 1 fully saturated rings.